The van der Waals surface area contributed by atoms with Crippen molar-refractivity contribution < 1.29 is 9.47 Å². The van der Waals surface area contributed by atoms with Crippen LogP contribution in [0.1, 0.15) is 5.56 Å². The molecule has 21 heavy (non-hydrogen) atoms. The molecule has 0 fully saturated rings. The monoisotopic (exact) mass is 349 g/mol. The van der Waals surface area contributed by atoms with Crippen molar-refractivity contribution in [3.05, 3.63) is 42.0 Å². The van der Waals surface area contributed by atoms with Gasteiger partial charge in [0, 0.05) is 0 Å². The number of anilines is 1. The van der Waals surface area contributed by atoms with Gasteiger partial charge < -0.3 is 0 Å². The number of methoxy groups -OCH3 is 2. The van der Waals surface area contributed by atoms with Crippen LogP contribution in [0.25, 0.3) is 11.0 Å². The summed E-state index contributed by atoms with van der Waals surface area (Å²) >= 11 is -0.0105. The van der Waals surface area contributed by atoms with Crippen LogP contribution in [0.2, 0.25) is 0 Å². The molecular formula is C15H15N3O2Se. The second-order valence-corrected chi connectivity index (χ2v) is 5.59. The summed E-state index contributed by atoms with van der Waals surface area (Å²) < 4.78 is 19.4. The number of benzene rings is 2. The van der Waals surface area contributed by atoms with E-state index in [1.807, 2.05) is 36.4 Å². The van der Waals surface area contributed by atoms with Crippen LogP contribution in [0.5, 0.6) is 11.5 Å². The Kier molecular flexibility index (Phi) is 4.08. The zero-order valence-electron chi connectivity index (χ0n) is 11.8. The fourth-order valence-electron chi connectivity index (χ4n) is 2.14. The van der Waals surface area contributed by atoms with E-state index in [2.05, 4.69) is 13.3 Å². The van der Waals surface area contributed by atoms with Crippen LogP contribution in [0.15, 0.2) is 36.4 Å². The fourth-order valence-corrected chi connectivity index (χ4v) is 3.29. The summed E-state index contributed by atoms with van der Waals surface area (Å²) in [5, 5.41) is 3.41. The molecule has 0 aliphatic rings. The molecule has 0 amide bonds. The SMILES string of the molecule is COc1ccc(CNc2cccc3n[se]nc23)cc1OC. The molecule has 0 aliphatic carbocycles. The molecule has 0 saturated heterocycles. The van der Waals surface area contributed by atoms with Crippen LogP contribution in [0.3, 0.4) is 0 Å². The third-order valence-corrected chi connectivity index (χ3v) is 4.36. The van der Waals surface area contributed by atoms with Gasteiger partial charge in [-0.1, -0.05) is 0 Å². The Hall–Kier alpha value is -2.04. The first-order valence-corrected chi connectivity index (χ1v) is 8.01. The van der Waals surface area contributed by atoms with Crippen LogP contribution in [-0.2, 0) is 6.54 Å². The van der Waals surface area contributed by atoms with Crippen molar-refractivity contribution in [3.8, 4) is 11.5 Å². The molecule has 0 saturated carbocycles. The standard InChI is InChI=1S/C15H15N3O2Se/c1-19-13-7-6-10(8-14(13)20-2)9-16-11-4-3-5-12-15(11)18-21-17-12/h3-8,16H,9H2,1-2H3. The van der Waals surface area contributed by atoms with Gasteiger partial charge in [-0.05, 0) is 0 Å². The second-order valence-electron chi connectivity index (χ2n) is 4.48. The van der Waals surface area contributed by atoms with Crippen molar-refractivity contribution in [2.75, 3.05) is 19.5 Å². The van der Waals surface area contributed by atoms with E-state index in [1.54, 1.807) is 14.2 Å². The fraction of sp³-hybridized carbons (Fsp3) is 0.200. The van der Waals surface area contributed by atoms with Gasteiger partial charge in [0.1, 0.15) is 0 Å². The summed E-state index contributed by atoms with van der Waals surface area (Å²) in [6.07, 6.45) is 0. The molecule has 0 spiro atoms. The van der Waals surface area contributed by atoms with E-state index in [0.29, 0.717) is 6.54 Å². The number of ether oxygens (including phenoxy) is 2. The first kappa shape index (κ1) is 13.9. The molecule has 0 atom stereocenters. The van der Waals surface area contributed by atoms with Gasteiger partial charge in [0.2, 0.25) is 0 Å². The Balaban J connectivity index is 1.80. The zero-order chi connectivity index (χ0) is 14.7. The van der Waals surface area contributed by atoms with Crippen LogP contribution in [-0.4, -0.2) is 37.1 Å². The predicted octanol–water partition coefficient (Wildman–Crippen LogP) is 2.32. The number of fused-ring (bicyclic) bond motifs is 1. The number of aromatic nitrogens is 2. The third kappa shape index (κ3) is 2.86. The van der Waals surface area contributed by atoms with E-state index in [1.165, 1.54) is 0 Å². The molecule has 0 radical (unpaired) electrons. The van der Waals surface area contributed by atoms with Crippen LogP contribution >= 0.6 is 0 Å². The third-order valence-electron chi connectivity index (χ3n) is 3.22. The Morgan fingerprint density at radius 2 is 1.90 bits per heavy atom. The summed E-state index contributed by atoms with van der Waals surface area (Å²) in [5.41, 5.74) is 4.08. The number of nitrogens with zero attached hydrogens (tertiary/aromatic N) is 2. The number of hydrogen-bond acceptors (Lipinski definition) is 5. The quantitative estimate of drug-likeness (QED) is 0.717. The van der Waals surface area contributed by atoms with E-state index in [4.69, 9.17) is 9.47 Å². The average molecular weight is 348 g/mol. The normalized spacial score (nSPS) is 10.6. The Labute approximate surface area is 129 Å². The van der Waals surface area contributed by atoms with Gasteiger partial charge >= 0.3 is 129 Å². The van der Waals surface area contributed by atoms with Crippen LogP contribution in [0, 0.1) is 0 Å². The molecule has 0 bridgehead atoms. The maximum atomic E-state index is 5.32. The van der Waals surface area contributed by atoms with E-state index >= 15 is 0 Å². The maximum absolute atomic E-state index is 5.32. The van der Waals surface area contributed by atoms with E-state index in [-0.39, 0.29) is 15.0 Å². The van der Waals surface area contributed by atoms with Gasteiger partial charge in [-0.3, -0.25) is 0 Å². The van der Waals surface area contributed by atoms with Gasteiger partial charge in [-0.25, -0.2) is 0 Å². The number of rotatable bonds is 5. The van der Waals surface area contributed by atoms with Crippen LogP contribution < -0.4 is 14.8 Å². The van der Waals surface area contributed by atoms with Gasteiger partial charge in [0.05, 0.1) is 0 Å². The summed E-state index contributed by atoms with van der Waals surface area (Å²) in [5.74, 6) is 1.47. The number of nitrogens with one attached hydrogen (secondary N) is 1. The van der Waals surface area contributed by atoms with Crippen molar-refractivity contribution in [1.82, 2.24) is 7.96 Å². The molecule has 0 aliphatic heterocycles. The Bertz CT molecular complexity index is 758. The van der Waals surface area contributed by atoms with Gasteiger partial charge in [-0.2, -0.15) is 0 Å². The summed E-state index contributed by atoms with van der Waals surface area (Å²) in [7, 11) is 3.28. The van der Waals surface area contributed by atoms with Crippen LogP contribution in [0.4, 0.5) is 5.69 Å². The molecule has 3 aromatic rings. The zero-order valence-corrected chi connectivity index (χ0v) is 13.5. The molecule has 5 nitrogen and oxygen atoms in total. The molecule has 1 aromatic heterocycles. The van der Waals surface area contributed by atoms with Crippen molar-refractivity contribution in [2.45, 2.75) is 6.54 Å². The summed E-state index contributed by atoms with van der Waals surface area (Å²) in [4.78, 5) is 0. The van der Waals surface area contributed by atoms with Crippen molar-refractivity contribution >= 4 is 31.7 Å². The van der Waals surface area contributed by atoms with Crippen molar-refractivity contribution in [1.29, 1.82) is 0 Å². The van der Waals surface area contributed by atoms with Crippen molar-refractivity contribution in [3.63, 3.8) is 0 Å². The molecule has 0 unspecified atom stereocenters. The first-order chi connectivity index (χ1) is 10.3. The average Bonchev–Trinajstić information content (AvgIpc) is 3.01. The Morgan fingerprint density at radius 3 is 2.71 bits per heavy atom. The predicted molar refractivity (Wildman–Crippen MR) is 83.4 cm³/mol. The molecule has 2 aromatic carbocycles. The van der Waals surface area contributed by atoms with E-state index in [0.717, 1.165) is 33.8 Å². The molecular weight excluding hydrogens is 333 g/mol. The minimum absolute atomic E-state index is 0.0105. The first-order valence-electron chi connectivity index (χ1n) is 6.48. The Morgan fingerprint density at radius 1 is 1.05 bits per heavy atom. The van der Waals surface area contributed by atoms with Gasteiger partial charge in [-0.15, -0.1) is 0 Å². The van der Waals surface area contributed by atoms with E-state index < -0.39 is 0 Å². The van der Waals surface area contributed by atoms with Gasteiger partial charge in [0.15, 0.2) is 0 Å². The molecule has 1 heterocycles. The molecule has 1 N–H and O–H groups in total. The summed E-state index contributed by atoms with van der Waals surface area (Å²) in [6.45, 7) is 0.694. The second kappa shape index (κ2) is 6.16. The molecule has 108 valence electrons. The molecule has 3 rings (SSSR count). The topological polar surface area (TPSA) is 56.3 Å². The van der Waals surface area contributed by atoms with E-state index in [9.17, 15) is 0 Å². The molecule has 6 heteroatoms. The number of hydrogen-bond donors (Lipinski definition) is 1. The summed E-state index contributed by atoms with van der Waals surface area (Å²) in [6, 6.07) is 11.9. The van der Waals surface area contributed by atoms with Crippen molar-refractivity contribution in [2.24, 2.45) is 0 Å². The minimum atomic E-state index is -0.0105. The van der Waals surface area contributed by atoms with Gasteiger partial charge in [0.25, 0.3) is 0 Å².